The van der Waals surface area contributed by atoms with Crippen LogP contribution in [0.15, 0.2) is 18.2 Å². The summed E-state index contributed by atoms with van der Waals surface area (Å²) in [5.41, 5.74) is -0.0490. The summed E-state index contributed by atoms with van der Waals surface area (Å²) < 4.78 is 13.5. The Hall–Kier alpha value is -0.840. The molecule has 0 spiro atoms. The Morgan fingerprint density at radius 2 is 2.06 bits per heavy atom. The first-order valence-corrected chi connectivity index (χ1v) is 6.02. The van der Waals surface area contributed by atoms with E-state index in [0.29, 0.717) is 11.8 Å². The maximum Gasteiger partial charge on any atom is 0.256 e. The van der Waals surface area contributed by atoms with Crippen molar-refractivity contribution in [2.45, 2.75) is 6.04 Å². The molecule has 1 saturated heterocycles. The zero-order valence-corrected chi connectivity index (χ0v) is 11.0. The number of hydrogen-bond acceptors (Lipinski definition) is 2. The number of benzene rings is 1. The summed E-state index contributed by atoms with van der Waals surface area (Å²) in [6.07, 6.45) is 0. The van der Waals surface area contributed by atoms with Gasteiger partial charge in [0.25, 0.3) is 5.91 Å². The fourth-order valence-corrected chi connectivity index (χ4v) is 2.82. The number of fused-ring (bicyclic) bond motifs is 1. The predicted molar refractivity (Wildman–Crippen MR) is 69.8 cm³/mol. The molecule has 1 saturated carbocycles. The average molecular weight is 291 g/mol. The third-order valence-corrected chi connectivity index (χ3v) is 3.89. The van der Waals surface area contributed by atoms with E-state index in [1.165, 1.54) is 18.2 Å². The maximum atomic E-state index is 13.5. The van der Waals surface area contributed by atoms with Crippen LogP contribution in [0.1, 0.15) is 10.4 Å². The topological polar surface area (TPSA) is 41.1 Å². The molecule has 0 radical (unpaired) electrons. The highest BCUT2D eigenvalue weighted by Crippen LogP contribution is 2.41. The lowest BCUT2D eigenvalue weighted by Crippen LogP contribution is -2.33. The molecule has 2 unspecified atom stereocenters. The first kappa shape index (κ1) is 13.6. The van der Waals surface area contributed by atoms with Crippen LogP contribution in [0.2, 0.25) is 5.02 Å². The van der Waals surface area contributed by atoms with E-state index in [-0.39, 0.29) is 29.0 Å². The van der Waals surface area contributed by atoms with Crippen LogP contribution >= 0.6 is 24.0 Å². The van der Waals surface area contributed by atoms with Crippen LogP contribution in [-0.4, -0.2) is 25.0 Å². The van der Waals surface area contributed by atoms with Crippen LogP contribution in [0.3, 0.4) is 0 Å². The van der Waals surface area contributed by atoms with Crippen molar-refractivity contribution in [2.24, 2.45) is 11.8 Å². The van der Waals surface area contributed by atoms with Crippen molar-refractivity contribution in [3.8, 4) is 0 Å². The molecule has 2 atom stereocenters. The predicted octanol–water partition coefficient (Wildman–Crippen LogP) is 1.85. The maximum absolute atomic E-state index is 13.5. The summed E-state index contributed by atoms with van der Waals surface area (Å²) in [5.74, 6) is 0.0282. The van der Waals surface area contributed by atoms with E-state index in [0.717, 1.165) is 13.1 Å². The van der Waals surface area contributed by atoms with Gasteiger partial charge in [0.05, 0.1) is 10.6 Å². The lowest BCUT2D eigenvalue weighted by Gasteiger charge is -2.09. The Bertz CT molecular complexity index is 453. The quantitative estimate of drug-likeness (QED) is 0.873. The van der Waals surface area contributed by atoms with Gasteiger partial charge in [0, 0.05) is 19.1 Å². The van der Waals surface area contributed by atoms with Gasteiger partial charge in [0.15, 0.2) is 0 Å². The monoisotopic (exact) mass is 290 g/mol. The van der Waals surface area contributed by atoms with Gasteiger partial charge < -0.3 is 10.6 Å². The molecule has 2 fully saturated rings. The molecule has 1 aliphatic heterocycles. The molecule has 3 rings (SSSR count). The van der Waals surface area contributed by atoms with E-state index < -0.39 is 11.7 Å². The number of carbonyl (C=O) groups excluding carboxylic acids is 1. The minimum absolute atomic E-state index is 0. The molecule has 1 aromatic rings. The molecule has 1 aromatic carbocycles. The normalized spacial score (nSPS) is 28.2. The fourth-order valence-electron chi connectivity index (χ4n) is 2.57. The van der Waals surface area contributed by atoms with Crippen LogP contribution in [0.5, 0.6) is 0 Å². The molecule has 98 valence electrons. The van der Waals surface area contributed by atoms with Crippen LogP contribution in [-0.2, 0) is 0 Å². The second-order valence-electron chi connectivity index (χ2n) is 4.58. The minimum atomic E-state index is -0.570. The first-order valence-electron chi connectivity index (χ1n) is 5.64. The molecule has 6 heteroatoms. The Labute approximate surface area is 115 Å². The number of hydrogen-bond donors (Lipinski definition) is 2. The van der Waals surface area contributed by atoms with Gasteiger partial charge in [-0.2, -0.15) is 0 Å². The van der Waals surface area contributed by atoms with Gasteiger partial charge in [-0.25, -0.2) is 4.39 Å². The molecule has 0 aromatic heterocycles. The first-order chi connectivity index (χ1) is 8.18. The molecule has 2 N–H and O–H groups in total. The van der Waals surface area contributed by atoms with E-state index in [2.05, 4.69) is 10.6 Å². The third kappa shape index (κ3) is 2.20. The second-order valence-corrected chi connectivity index (χ2v) is 4.99. The number of piperidine rings is 1. The molecule has 1 aliphatic carbocycles. The van der Waals surface area contributed by atoms with Crippen LogP contribution in [0, 0.1) is 17.7 Å². The van der Waals surface area contributed by atoms with Gasteiger partial charge >= 0.3 is 0 Å². The van der Waals surface area contributed by atoms with E-state index >= 15 is 0 Å². The van der Waals surface area contributed by atoms with E-state index in [1.807, 2.05) is 0 Å². The Morgan fingerprint density at radius 3 is 2.67 bits per heavy atom. The summed E-state index contributed by atoms with van der Waals surface area (Å²) in [6, 6.07) is 4.44. The van der Waals surface area contributed by atoms with Crippen molar-refractivity contribution in [3.05, 3.63) is 34.6 Å². The average Bonchev–Trinajstić information content (AvgIpc) is 2.74. The van der Waals surface area contributed by atoms with Crippen molar-refractivity contribution in [2.75, 3.05) is 13.1 Å². The van der Waals surface area contributed by atoms with Crippen LogP contribution in [0.4, 0.5) is 4.39 Å². The highest BCUT2D eigenvalue weighted by molar-refractivity contribution is 6.33. The molecule has 18 heavy (non-hydrogen) atoms. The number of halogens is 3. The van der Waals surface area contributed by atoms with Gasteiger partial charge in [-0.15, -0.1) is 12.4 Å². The smallest absolute Gasteiger partial charge is 0.256 e. The molecular weight excluding hydrogens is 278 g/mol. The molecule has 3 nitrogen and oxygen atoms in total. The lowest BCUT2D eigenvalue weighted by atomic mass is 10.2. The van der Waals surface area contributed by atoms with E-state index in [4.69, 9.17) is 11.6 Å². The van der Waals surface area contributed by atoms with Crippen molar-refractivity contribution in [1.29, 1.82) is 0 Å². The van der Waals surface area contributed by atoms with Crippen molar-refractivity contribution < 1.29 is 9.18 Å². The van der Waals surface area contributed by atoms with Gasteiger partial charge in [-0.05, 0) is 24.0 Å². The summed E-state index contributed by atoms with van der Waals surface area (Å²) in [4.78, 5) is 11.9. The van der Waals surface area contributed by atoms with E-state index in [9.17, 15) is 9.18 Å². The Morgan fingerprint density at radius 1 is 1.39 bits per heavy atom. The summed E-state index contributed by atoms with van der Waals surface area (Å²) in [6.45, 7) is 1.86. The molecule has 0 bridgehead atoms. The zero-order valence-electron chi connectivity index (χ0n) is 9.45. The third-order valence-electron chi connectivity index (χ3n) is 3.58. The largest absolute Gasteiger partial charge is 0.348 e. The molecule has 1 heterocycles. The van der Waals surface area contributed by atoms with Gasteiger partial charge in [0.2, 0.25) is 0 Å². The summed E-state index contributed by atoms with van der Waals surface area (Å²) in [5, 5.41) is 6.25. The molecule has 1 amide bonds. The second kappa shape index (κ2) is 5.03. The lowest BCUT2D eigenvalue weighted by molar-refractivity contribution is 0.0942. The van der Waals surface area contributed by atoms with Gasteiger partial charge in [0.1, 0.15) is 5.82 Å². The summed E-state index contributed by atoms with van der Waals surface area (Å²) in [7, 11) is 0. The SMILES string of the molecule is Cl.O=C(NC1C2CNCC21)c1c(F)cccc1Cl. The highest BCUT2D eigenvalue weighted by Gasteiger charge is 2.53. The number of rotatable bonds is 2. The van der Waals surface area contributed by atoms with Crippen molar-refractivity contribution in [1.82, 2.24) is 10.6 Å². The Balaban J connectivity index is 0.00000120. The highest BCUT2D eigenvalue weighted by atomic mass is 35.5. The Kier molecular flexibility index (Phi) is 3.80. The fraction of sp³-hybridized carbons (Fsp3) is 0.417. The molecular formula is C12H13Cl2FN2O. The van der Waals surface area contributed by atoms with E-state index in [1.54, 1.807) is 0 Å². The number of carbonyl (C=O) groups is 1. The number of nitrogens with one attached hydrogen (secondary N) is 2. The summed E-state index contributed by atoms with van der Waals surface area (Å²) >= 11 is 5.84. The molecule has 2 aliphatic rings. The minimum Gasteiger partial charge on any atom is -0.348 e. The van der Waals surface area contributed by atoms with Gasteiger partial charge in [-0.1, -0.05) is 17.7 Å². The van der Waals surface area contributed by atoms with Gasteiger partial charge in [-0.3, -0.25) is 4.79 Å². The number of amides is 1. The van der Waals surface area contributed by atoms with Crippen molar-refractivity contribution >= 4 is 29.9 Å². The standard InChI is InChI=1S/C12H12ClFN2O.ClH/c13-8-2-1-3-9(14)10(8)12(17)16-11-6-4-15-5-7(6)11;/h1-3,6-7,11,15H,4-5H2,(H,16,17);1H. The zero-order chi connectivity index (χ0) is 12.0. The van der Waals surface area contributed by atoms with Crippen LogP contribution < -0.4 is 10.6 Å². The van der Waals surface area contributed by atoms with Crippen molar-refractivity contribution in [3.63, 3.8) is 0 Å². The van der Waals surface area contributed by atoms with Crippen LogP contribution in [0.25, 0.3) is 0 Å².